The van der Waals surface area contributed by atoms with E-state index in [1.54, 1.807) is 17.0 Å². The first kappa shape index (κ1) is 32.9. The van der Waals surface area contributed by atoms with Gasteiger partial charge in [-0.15, -0.1) is 5.54 Å². The molecular formula is C44H52F4N6O2Si. The van der Waals surface area contributed by atoms with Crippen LogP contribution in [0.2, 0.25) is 16.6 Å². The summed E-state index contributed by atoms with van der Waals surface area (Å²) >= 11 is 0. The van der Waals surface area contributed by atoms with Crippen LogP contribution < -0.4 is 15.4 Å². The van der Waals surface area contributed by atoms with Crippen LogP contribution in [0.4, 0.5) is 29.1 Å². The Morgan fingerprint density at radius 2 is 1.86 bits per heavy atom. The predicted octanol–water partition coefficient (Wildman–Crippen LogP) is 8.79. The van der Waals surface area contributed by atoms with E-state index in [0.717, 1.165) is 4.90 Å². The predicted molar refractivity (Wildman–Crippen MR) is 218 cm³/mol. The Morgan fingerprint density at radius 3 is 2.58 bits per heavy atom. The molecule has 0 bridgehead atoms. The van der Waals surface area contributed by atoms with Gasteiger partial charge in [0.25, 0.3) is 0 Å². The summed E-state index contributed by atoms with van der Waals surface area (Å²) < 4.78 is 122. The van der Waals surface area contributed by atoms with E-state index in [2.05, 4.69) is 68.0 Å². The van der Waals surface area contributed by atoms with Crippen molar-refractivity contribution in [2.24, 2.45) is 11.3 Å². The lowest BCUT2D eigenvalue weighted by atomic mass is 9.80. The lowest BCUT2D eigenvalue weighted by molar-refractivity contribution is 0.0639. The number of halogens is 4. The van der Waals surface area contributed by atoms with Gasteiger partial charge in [-0.3, -0.25) is 9.88 Å². The largest absolute Gasteiger partial charge is 0.461 e. The molecule has 2 aromatic carbocycles. The second kappa shape index (κ2) is 13.8. The number of nitrogens with zero attached hydrogens (tertiary/aromatic N) is 5. The number of benzene rings is 2. The highest BCUT2D eigenvalue weighted by molar-refractivity contribution is 6.90. The molecule has 5 fully saturated rings. The molecule has 1 spiro atoms. The van der Waals surface area contributed by atoms with Gasteiger partial charge < -0.3 is 20.1 Å². The van der Waals surface area contributed by atoms with Crippen LogP contribution in [0.5, 0.6) is 6.01 Å². The average Bonchev–Trinajstić information content (AvgIpc) is 4.06. The molecular weight excluding hydrogens is 749 g/mol. The maximum Gasteiger partial charge on any atom is 0.319 e. The Balaban J connectivity index is 1.24. The normalized spacial score (nSPS) is 30.4. The summed E-state index contributed by atoms with van der Waals surface area (Å²) in [5.41, 5.74) is 7.64. The van der Waals surface area contributed by atoms with Crippen LogP contribution in [0.1, 0.15) is 79.6 Å². The molecule has 302 valence electrons. The second-order valence-electron chi connectivity index (χ2n) is 17.6. The molecule has 2 aliphatic carbocycles. The average molecular weight is 806 g/mol. The van der Waals surface area contributed by atoms with Gasteiger partial charge in [-0.2, -0.15) is 9.97 Å². The summed E-state index contributed by atoms with van der Waals surface area (Å²) in [4.78, 5) is 16.3. The fraction of sp³-hybridized carbons (Fsp3) is 0.568. The molecule has 2 saturated carbocycles. The third kappa shape index (κ3) is 5.94. The summed E-state index contributed by atoms with van der Waals surface area (Å²) in [5, 5.41) is 0.853. The van der Waals surface area contributed by atoms with Gasteiger partial charge in [-0.25, -0.2) is 17.6 Å². The smallest absolute Gasteiger partial charge is 0.319 e. The van der Waals surface area contributed by atoms with Crippen molar-refractivity contribution < 1.29 is 33.9 Å². The molecule has 3 saturated heterocycles. The number of ether oxygens (including phenoxy) is 2. The SMILES string of the molecule is [2H]C1([2H])CC2(CC2)[C@@]2(C([2H])([2H])Oc3nc(N4CCOC[C@H]5[C@H](F)[C@H]54)c4cnc(-c5cc(N)cc6ccc(F)c(C#C[Si](C(C)C)(C(C)C)C(C)C)c56)c(F)c4n3)C[C@]([2H])(F)CN12. The number of anilines is 2. The zero-order valence-corrected chi connectivity index (χ0v) is 34.1. The van der Waals surface area contributed by atoms with Crippen LogP contribution in [-0.4, -0.2) is 91.2 Å². The van der Waals surface area contributed by atoms with Crippen LogP contribution in [0.25, 0.3) is 32.9 Å². The molecule has 0 unspecified atom stereocenters. The lowest BCUT2D eigenvalue weighted by Gasteiger charge is -2.38. The Hall–Kier alpha value is -3.99. The summed E-state index contributed by atoms with van der Waals surface area (Å²) in [6.07, 6.45) is -2.62. The fourth-order valence-corrected chi connectivity index (χ4v) is 15.6. The fourth-order valence-electron chi connectivity index (χ4n) is 10.4. The minimum atomic E-state index is -2.90. The van der Waals surface area contributed by atoms with Crippen LogP contribution >= 0.6 is 0 Å². The summed E-state index contributed by atoms with van der Waals surface area (Å²) in [6, 6.07) is 4.67. The molecule has 5 heterocycles. The maximum absolute atomic E-state index is 17.7. The Morgan fingerprint density at radius 1 is 1.11 bits per heavy atom. The summed E-state index contributed by atoms with van der Waals surface area (Å²) in [7, 11) is -2.37. The highest BCUT2D eigenvalue weighted by Crippen LogP contribution is 2.66. The number of hydrogen-bond acceptors (Lipinski definition) is 8. The van der Waals surface area contributed by atoms with E-state index in [0.29, 0.717) is 23.6 Å². The van der Waals surface area contributed by atoms with Crippen molar-refractivity contribution in [3.8, 4) is 28.7 Å². The minimum absolute atomic E-state index is 0.00998. The highest BCUT2D eigenvalue weighted by Gasteiger charge is 2.68. The summed E-state index contributed by atoms with van der Waals surface area (Å²) in [5.74, 6) is 1.15. The monoisotopic (exact) mass is 805 g/mol. The lowest BCUT2D eigenvalue weighted by Crippen LogP contribution is -2.49. The van der Waals surface area contributed by atoms with Crippen molar-refractivity contribution in [1.82, 2.24) is 19.9 Å². The molecule has 5 atom stereocenters. The van der Waals surface area contributed by atoms with E-state index < -0.39 is 87.0 Å². The van der Waals surface area contributed by atoms with E-state index >= 15 is 17.6 Å². The molecule has 57 heavy (non-hydrogen) atoms. The molecule has 2 aromatic heterocycles. The van der Waals surface area contributed by atoms with Gasteiger partial charge >= 0.3 is 6.01 Å². The molecule has 13 heteroatoms. The Labute approximate surface area is 339 Å². The standard InChI is InChI=1S/C44H52F4N6O2Si/c1-24(2)57(25(3)4,26(5)6)16-9-30-34(46)8-7-27-17-29(49)18-31(35(27)30)38-37(48)39-32(20-50-38)41(54-14-15-55-22-33-36(47)40(33)54)52-42(51-39)56-23-44-19-28(45)21-53(44)13-12-43(44)10-11-43/h7-8,17-18,20,24-26,28,33,36,40H,10-15,19,21-23,49H2,1-6H3/t28-,33-,36-,40-,44-/m0/s1/i13D2,23D2,28D. The number of hydrogen-bond donors (Lipinski definition) is 1. The molecule has 9 rings (SSSR count). The number of pyridine rings is 1. The van der Waals surface area contributed by atoms with Crippen molar-refractivity contribution in [3.05, 3.63) is 47.7 Å². The van der Waals surface area contributed by atoms with E-state index in [-0.39, 0.29) is 82.0 Å². The van der Waals surface area contributed by atoms with Gasteiger partial charge in [-0.05, 0) is 71.4 Å². The zero-order valence-electron chi connectivity index (χ0n) is 38.1. The number of fused-ring (bicyclic) bond motifs is 5. The first-order chi connectivity index (χ1) is 29.0. The van der Waals surface area contributed by atoms with Crippen molar-refractivity contribution in [3.63, 3.8) is 0 Å². The number of aromatic nitrogens is 3. The summed E-state index contributed by atoms with van der Waals surface area (Å²) in [6.45, 7) is 7.68. The third-order valence-corrected chi connectivity index (χ3v) is 19.9. The number of alkyl halides is 2. The molecule has 5 aliphatic rings. The minimum Gasteiger partial charge on any atom is -0.461 e. The van der Waals surface area contributed by atoms with Gasteiger partial charge in [0, 0.05) is 51.0 Å². The quantitative estimate of drug-likeness (QED) is 0.0819. The second-order valence-corrected chi connectivity index (χ2v) is 23.2. The Bertz CT molecular complexity index is 2550. The van der Waals surface area contributed by atoms with E-state index in [4.69, 9.17) is 19.3 Å². The molecule has 8 nitrogen and oxygen atoms in total. The van der Waals surface area contributed by atoms with Crippen molar-refractivity contribution in [2.45, 2.75) is 108 Å². The molecule has 0 amide bonds. The van der Waals surface area contributed by atoms with Crippen LogP contribution in [0, 0.1) is 34.4 Å². The van der Waals surface area contributed by atoms with Gasteiger partial charge in [-0.1, -0.05) is 53.5 Å². The Kier molecular flexibility index (Phi) is 7.97. The topological polar surface area (TPSA) is 89.6 Å². The van der Waals surface area contributed by atoms with Crippen LogP contribution in [0.15, 0.2) is 30.5 Å². The molecule has 2 N–H and O–H groups in total. The van der Waals surface area contributed by atoms with E-state index in [1.807, 2.05) is 0 Å². The van der Waals surface area contributed by atoms with Gasteiger partial charge in [0.15, 0.2) is 5.82 Å². The number of nitrogens with two attached hydrogens (primary N) is 1. The van der Waals surface area contributed by atoms with Crippen LogP contribution in [0.3, 0.4) is 0 Å². The van der Waals surface area contributed by atoms with Crippen LogP contribution in [-0.2, 0) is 4.74 Å². The molecule has 4 aromatic rings. The maximum atomic E-state index is 17.7. The molecule has 3 aliphatic heterocycles. The van der Waals surface area contributed by atoms with Gasteiger partial charge in [0.2, 0.25) is 0 Å². The van der Waals surface area contributed by atoms with Crippen molar-refractivity contribution in [2.75, 3.05) is 50.0 Å². The van der Waals surface area contributed by atoms with Crippen molar-refractivity contribution in [1.29, 1.82) is 0 Å². The zero-order chi connectivity index (χ0) is 44.7. The number of rotatable bonds is 8. The number of nitrogen functional groups attached to an aromatic ring is 1. The highest BCUT2D eigenvalue weighted by atomic mass is 28.3. The van der Waals surface area contributed by atoms with Gasteiger partial charge in [0.1, 0.15) is 49.8 Å². The van der Waals surface area contributed by atoms with Gasteiger partial charge in [0.05, 0.1) is 39.9 Å². The van der Waals surface area contributed by atoms with Crippen molar-refractivity contribution >= 4 is 41.3 Å². The first-order valence-corrected chi connectivity index (χ1v) is 22.3. The molecule has 0 radical (unpaired) electrons. The van der Waals surface area contributed by atoms with E-state index in [9.17, 15) is 2.74 Å². The van der Waals surface area contributed by atoms with E-state index in [1.165, 1.54) is 18.3 Å². The first-order valence-electron chi connectivity index (χ1n) is 22.6. The third-order valence-electron chi connectivity index (χ3n) is 13.6.